The number of aromatic nitrogens is 2. The van der Waals surface area contributed by atoms with Crippen LogP contribution in [0.4, 0.5) is 22.0 Å². The van der Waals surface area contributed by atoms with Crippen molar-refractivity contribution < 1.29 is 40.7 Å². The number of rotatable bonds is 6. The molecule has 1 aromatic heterocycles. The van der Waals surface area contributed by atoms with Gasteiger partial charge in [0.2, 0.25) is 17.6 Å². The minimum atomic E-state index is -4.84. The first kappa shape index (κ1) is 24.9. The number of hydrogen-bond donors (Lipinski definition) is 1. The van der Waals surface area contributed by atoms with Gasteiger partial charge in [-0.15, -0.1) is 0 Å². The predicted octanol–water partition coefficient (Wildman–Crippen LogP) is 4.24. The third kappa shape index (κ3) is 4.40. The largest absolute Gasteiger partial charge is 0.493 e. The van der Waals surface area contributed by atoms with E-state index in [1.165, 1.54) is 6.92 Å². The smallest absolute Gasteiger partial charge is 0.417 e. The Morgan fingerprint density at radius 1 is 1.30 bits per heavy atom. The van der Waals surface area contributed by atoms with Crippen LogP contribution in [0.5, 0.6) is 5.75 Å². The molecule has 33 heavy (non-hydrogen) atoms. The van der Waals surface area contributed by atoms with Crippen molar-refractivity contribution in [3.63, 3.8) is 0 Å². The highest BCUT2D eigenvalue weighted by atomic mass is 19.4. The summed E-state index contributed by atoms with van der Waals surface area (Å²) in [6, 6.07) is 1.86. The molecule has 1 amide bonds. The quantitative estimate of drug-likeness (QED) is 0.627. The maximum absolute atomic E-state index is 14.3. The van der Waals surface area contributed by atoms with E-state index in [1.807, 2.05) is 13.8 Å². The molecule has 1 aliphatic heterocycles. The topological polar surface area (TPSA) is 86.5 Å². The van der Waals surface area contributed by atoms with Crippen molar-refractivity contribution >= 4 is 5.91 Å². The average molecular weight is 477 g/mol. The van der Waals surface area contributed by atoms with Gasteiger partial charge in [0.15, 0.2) is 23.0 Å². The molecule has 0 saturated carbocycles. The first-order valence-electron chi connectivity index (χ1n) is 10.2. The van der Waals surface area contributed by atoms with Crippen molar-refractivity contribution in [2.24, 2.45) is 5.92 Å². The summed E-state index contributed by atoms with van der Waals surface area (Å²) in [7, 11) is 1.06. The Balaban J connectivity index is 1.96. The first-order chi connectivity index (χ1) is 15.3. The summed E-state index contributed by atoms with van der Waals surface area (Å²) >= 11 is 0. The number of amides is 1. The minimum Gasteiger partial charge on any atom is -0.493 e. The standard InChI is InChI=1S/C21H24F5N3O4/c1-9(2)18-28-13(33-29-18)8-27-19(30)17-14(10(3)20(4,32-17)21(24,25)26)11-6-7-12(22)15(23)16(11)31-5/h6-7,9-10,14,17H,8H2,1-5H3,(H,27,30)/t10-,14-,17+,20+/m0/s1. The molecule has 1 aliphatic rings. The number of methoxy groups -OCH3 is 1. The van der Waals surface area contributed by atoms with Crippen LogP contribution in [0.1, 0.15) is 56.8 Å². The van der Waals surface area contributed by atoms with Crippen molar-refractivity contribution in [2.45, 2.75) is 64.0 Å². The van der Waals surface area contributed by atoms with Crippen molar-refractivity contribution in [1.82, 2.24) is 15.5 Å². The molecule has 182 valence electrons. The zero-order valence-electron chi connectivity index (χ0n) is 18.6. The molecule has 0 bridgehead atoms. The van der Waals surface area contributed by atoms with Crippen LogP contribution < -0.4 is 10.1 Å². The van der Waals surface area contributed by atoms with Gasteiger partial charge in [-0.25, -0.2) is 4.39 Å². The summed E-state index contributed by atoms with van der Waals surface area (Å²) in [6.45, 7) is 5.46. The number of benzene rings is 1. The highest BCUT2D eigenvalue weighted by molar-refractivity contribution is 5.82. The fourth-order valence-electron chi connectivity index (χ4n) is 3.88. The second-order valence-electron chi connectivity index (χ2n) is 8.36. The van der Waals surface area contributed by atoms with Crippen molar-refractivity contribution in [2.75, 3.05) is 7.11 Å². The molecular formula is C21H24F5N3O4. The lowest BCUT2D eigenvalue weighted by Gasteiger charge is -2.32. The number of carbonyl (C=O) groups excluding carboxylic acids is 1. The molecule has 7 nitrogen and oxygen atoms in total. The zero-order valence-corrected chi connectivity index (χ0v) is 18.6. The summed E-state index contributed by atoms with van der Waals surface area (Å²) in [5, 5.41) is 6.18. The van der Waals surface area contributed by atoms with E-state index in [0.29, 0.717) is 5.82 Å². The van der Waals surface area contributed by atoms with Crippen LogP contribution in [-0.2, 0) is 16.1 Å². The molecule has 1 saturated heterocycles. The molecule has 1 N–H and O–H groups in total. The van der Waals surface area contributed by atoms with Crippen molar-refractivity contribution in [1.29, 1.82) is 0 Å². The van der Waals surface area contributed by atoms with Gasteiger partial charge in [0.1, 0.15) is 6.10 Å². The third-order valence-electron chi connectivity index (χ3n) is 5.98. The van der Waals surface area contributed by atoms with Crippen LogP contribution in [0.15, 0.2) is 16.7 Å². The Labute approximate surface area is 186 Å². The average Bonchev–Trinajstić information content (AvgIpc) is 3.32. The number of hydrogen-bond acceptors (Lipinski definition) is 6. The monoisotopic (exact) mass is 477 g/mol. The van der Waals surface area contributed by atoms with Gasteiger partial charge in [-0.1, -0.05) is 32.0 Å². The lowest BCUT2D eigenvalue weighted by atomic mass is 9.77. The number of alkyl halides is 3. The van der Waals surface area contributed by atoms with Crippen molar-refractivity contribution in [3.05, 3.63) is 41.0 Å². The molecule has 2 aromatic rings. The fourth-order valence-corrected chi connectivity index (χ4v) is 3.88. The molecule has 2 heterocycles. The van der Waals surface area contributed by atoms with Gasteiger partial charge in [-0.05, 0) is 13.0 Å². The Kier molecular flexibility index (Phi) is 6.69. The highest BCUT2D eigenvalue weighted by Crippen LogP contribution is 2.54. The fraction of sp³-hybridized carbons (Fsp3) is 0.571. The third-order valence-corrected chi connectivity index (χ3v) is 5.98. The molecule has 0 spiro atoms. The normalized spacial score (nSPS) is 25.5. The first-order valence-corrected chi connectivity index (χ1v) is 10.2. The maximum Gasteiger partial charge on any atom is 0.417 e. The van der Waals surface area contributed by atoms with Gasteiger partial charge in [0.25, 0.3) is 0 Å². The molecule has 0 unspecified atom stereocenters. The summed E-state index contributed by atoms with van der Waals surface area (Å²) in [5.74, 6) is -6.31. The second kappa shape index (κ2) is 8.88. The predicted molar refractivity (Wildman–Crippen MR) is 104 cm³/mol. The van der Waals surface area contributed by atoms with Crippen LogP contribution in [0.2, 0.25) is 0 Å². The number of carbonyl (C=O) groups is 1. The van der Waals surface area contributed by atoms with E-state index in [1.54, 1.807) is 0 Å². The van der Waals surface area contributed by atoms with E-state index in [-0.39, 0.29) is 23.9 Å². The number of ether oxygens (including phenoxy) is 2. The zero-order chi connectivity index (χ0) is 24.7. The molecule has 4 atom stereocenters. The number of nitrogens with zero attached hydrogens (tertiary/aromatic N) is 2. The van der Waals surface area contributed by atoms with Crippen LogP contribution in [-0.4, -0.2) is 41.0 Å². The summed E-state index contributed by atoms with van der Waals surface area (Å²) in [6.07, 6.45) is -6.53. The Morgan fingerprint density at radius 2 is 1.97 bits per heavy atom. The van der Waals surface area contributed by atoms with Crippen molar-refractivity contribution in [3.8, 4) is 5.75 Å². The van der Waals surface area contributed by atoms with E-state index in [4.69, 9.17) is 14.0 Å². The summed E-state index contributed by atoms with van der Waals surface area (Å²) in [5.41, 5.74) is -2.85. The number of halogens is 5. The van der Waals surface area contributed by atoms with Gasteiger partial charge in [0, 0.05) is 23.3 Å². The molecule has 3 rings (SSSR count). The minimum absolute atomic E-state index is 0.0325. The summed E-state index contributed by atoms with van der Waals surface area (Å²) in [4.78, 5) is 17.0. The van der Waals surface area contributed by atoms with Crippen LogP contribution in [0.25, 0.3) is 0 Å². The van der Waals surface area contributed by atoms with E-state index in [2.05, 4.69) is 15.5 Å². The Morgan fingerprint density at radius 3 is 2.52 bits per heavy atom. The molecule has 1 fully saturated rings. The lowest BCUT2D eigenvalue weighted by molar-refractivity contribution is -0.272. The van der Waals surface area contributed by atoms with Gasteiger partial charge in [-0.2, -0.15) is 22.5 Å². The SMILES string of the molecule is COc1c([C@H]2[C@H](C(=O)NCc3nc(C(C)C)no3)O[C@@](C)(C(F)(F)F)[C@H]2C)ccc(F)c1F. The Bertz CT molecular complexity index is 1030. The van der Waals surface area contributed by atoms with Gasteiger partial charge < -0.3 is 19.3 Å². The number of nitrogens with one attached hydrogen (secondary N) is 1. The molecule has 0 aliphatic carbocycles. The van der Waals surface area contributed by atoms with E-state index < -0.39 is 53.0 Å². The second-order valence-corrected chi connectivity index (χ2v) is 8.36. The molecular weight excluding hydrogens is 453 g/mol. The van der Waals surface area contributed by atoms with E-state index in [9.17, 15) is 26.7 Å². The summed E-state index contributed by atoms with van der Waals surface area (Å²) < 4.78 is 85.1. The van der Waals surface area contributed by atoms with Crippen LogP contribution in [0.3, 0.4) is 0 Å². The molecule has 1 aromatic carbocycles. The van der Waals surface area contributed by atoms with Crippen LogP contribution in [0, 0.1) is 17.6 Å². The van der Waals surface area contributed by atoms with Gasteiger partial charge in [-0.3, -0.25) is 4.79 Å². The highest BCUT2D eigenvalue weighted by Gasteiger charge is 2.65. The molecule has 12 heteroatoms. The van der Waals surface area contributed by atoms with E-state index >= 15 is 0 Å². The molecule has 0 radical (unpaired) electrons. The Hall–Kier alpha value is -2.76. The van der Waals surface area contributed by atoms with E-state index in [0.717, 1.165) is 26.2 Å². The van der Waals surface area contributed by atoms with Gasteiger partial charge in [0.05, 0.1) is 13.7 Å². The maximum atomic E-state index is 14.3. The van der Waals surface area contributed by atoms with Crippen LogP contribution >= 0.6 is 0 Å². The lowest BCUT2D eigenvalue weighted by Crippen LogP contribution is -2.47. The van der Waals surface area contributed by atoms with Gasteiger partial charge >= 0.3 is 6.18 Å².